The molecule has 5 nitrogen and oxygen atoms in total. The van der Waals surface area contributed by atoms with Crippen molar-refractivity contribution >= 4 is 11.9 Å². The number of carboxylic acid groups (broad SMARTS) is 1. The molecule has 1 fully saturated rings. The van der Waals surface area contributed by atoms with Crippen molar-refractivity contribution in [3.8, 4) is 5.75 Å². The lowest BCUT2D eigenvalue weighted by molar-refractivity contribution is -0.125. The Kier molecular flexibility index (Phi) is 3.97. The van der Waals surface area contributed by atoms with Crippen LogP contribution in [0.5, 0.6) is 5.75 Å². The number of hydrogen-bond donors (Lipinski definition) is 2. The molecule has 0 radical (unpaired) electrons. The summed E-state index contributed by atoms with van der Waals surface area (Å²) in [6.45, 7) is 2.49. The van der Waals surface area contributed by atoms with Crippen LogP contribution in [0.4, 0.5) is 0 Å². The molecule has 0 aliphatic heterocycles. The Morgan fingerprint density at radius 1 is 1.40 bits per heavy atom. The summed E-state index contributed by atoms with van der Waals surface area (Å²) in [5.74, 6) is -0.347. The van der Waals surface area contributed by atoms with E-state index in [1.165, 1.54) is 13.2 Å². The molecule has 0 unspecified atom stereocenters. The van der Waals surface area contributed by atoms with Gasteiger partial charge in [-0.15, -0.1) is 0 Å². The number of hydrogen-bond acceptors (Lipinski definition) is 3. The van der Waals surface area contributed by atoms with Crippen molar-refractivity contribution < 1.29 is 19.4 Å². The first-order valence-electron chi connectivity index (χ1n) is 6.65. The van der Waals surface area contributed by atoms with Crippen LogP contribution in [-0.4, -0.2) is 30.6 Å². The summed E-state index contributed by atoms with van der Waals surface area (Å²) >= 11 is 0. The first kappa shape index (κ1) is 14.4. The number of rotatable bonds is 6. The Morgan fingerprint density at radius 3 is 2.65 bits per heavy atom. The van der Waals surface area contributed by atoms with Crippen molar-refractivity contribution in [3.05, 3.63) is 29.3 Å². The Morgan fingerprint density at radius 2 is 2.10 bits per heavy atom. The molecule has 108 valence electrons. The van der Waals surface area contributed by atoms with Crippen molar-refractivity contribution in [2.24, 2.45) is 5.41 Å². The number of carbonyl (C=O) groups is 2. The van der Waals surface area contributed by atoms with Crippen LogP contribution in [0.1, 0.15) is 35.7 Å². The summed E-state index contributed by atoms with van der Waals surface area (Å²) in [6, 6.07) is 4.78. The van der Waals surface area contributed by atoms with E-state index in [0.717, 1.165) is 18.4 Å². The van der Waals surface area contributed by atoms with Gasteiger partial charge in [-0.25, -0.2) is 4.79 Å². The molecule has 2 N–H and O–H groups in total. The molecule has 0 spiro atoms. The van der Waals surface area contributed by atoms with Gasteiger partial charge >= 0.3 is 5.97 Å². The maximum Gasteiger partial charge on any atom is 0.335 e. The van der Waals surface area contributed by atoms with E-state index in [9.17, 15) is 9.59 Å². The predicted molar refractivity (Wildman–Crippen MR) is 74.0 cm³/mol. The van der Waals surface area contributed by atoms with Crippen molar-refractivity contribution in [1.29, 1.82) is 0 Å². The Bertz CT molecular complexity index is 535. The van der Waals surface area contributed by atoms with Gasteiger partial charge in [0.25, 0.3) is 0 Å². The van der Waals surface area contributed by atoms with Crippen LogP contribution in [0.3, 0.4) is 0 Å². The first-order chi connectivity index (χ1) is 9.46. The maximum atomic E-state index is 11.8. The number of methoxy groups -OCH3 is 1. The van der Waals surface area contributed by atoms with Crippen molar-refractivity contribution in [2.45, 2.75) is 26.2 Å². The summed E-state index contributed by atoms with van der Waals surface area (Å²) in [5, 5.41) is 11.8. The topological polar surface area (TPSA) is 75.6 Å². The monoisotopic (exact) mass is 277 g/mol. The minimum absolute atomic E-state index is 0.0959. The highest BCUT2D eigenvalue weighted by Crippen LogP contribution is 2.44. The minimum atomic E-state index is -0.982. The largest absolute Gasteiger partial charge is 0.496 e. The molecule has 1 aliphatic carbocycles. The number of amides is 1. The molecule has 0 bridgehead atoms. The molecule has 0 heterocycles. The number of nitrogens with one attached hydrogen (secondary N) is 1. The van der Waals surface area contributed by atoms with Gasteiger partial charge in [0.15, 0.2) is 0 Å². The smallest absolute Gasteiger partial charge is 0.335 e. The fraction of sp³-hybridized carbons (Fsp3) is 0.467. The summed E-state index contributed by atoms with van der Waals surface area (Å²) in [5.41, 5.74) is 0.913. The highest BCUT2D eigenvalue weighted by Gasteiger charge is 2.44. The number of aromatic carboxylic acids is 1. The van der Waals surface area contributed by atoms with E-state index in [-0.39, 0.29) is 16.9 Å². The minimum Gasteiger partial charge on any atom is -0.496 e. The van der Waals surface area contributed by atoms with Crippen molar-refractivity contribution in [3.63, 3.8) is 0 Å². The maximum absolute atomic E-state index is 11.8. The van der Waals surface area contributed by atoms with Gasteiger partial charge in [-0.3, -0.25) is 4.79 Å². The van der Waals surface area contributed by atoms with Crippen LogP contribution in [-0.2, 0) is 11.2 Å². The fourth-order valence-electron chi connectivity index (χ4n) is 2.02. The molecule has 0 atom stereocenters. The molecular formula is C15H19NO4. The lowest BCUT2D eigenvalue weighted by Crippen LogP contribution is -2.31. The molecular weight excluding hydrogens is 258 g/mol. The average Bonchev–Trinajstić information content (AvgIpc) is 3.18. The molecule has 1 aliphatic rings. The molecule has 0 aromatic heterocycles. The zero-order valence-electron chi connectivity index (χ0n) is 11.7. The summed E-state index contributed by atoms with van der Waals surface area (Å²) in [4.78, 5) is 22.7. The SMILES string of the molecule is COc1cc(C(=O)O)ccc1CCNC(=O)C1(C)CC1. The van der Waals surface area contributed by atoms with E-state index in [0.29, 0.717) is 18.7 Å². The van der Waals surface area contributed by atoms with Gasteiger partial charge in [0.05, 0.1) is 12.7 Å². The third-order valence-electron chi connectivity index (χ3n) is 3.76. The highest BCUT2D eigenvalue weighted by molar-refractivity contribution is 5.88. The number of carbonyl (C=O) groups excluding carboxylic acids is 1. The van der Waals surface area contributed by atoms with Crippen LogP contribution in [0.25, 0.3) is 0 Å². The molecule has 2 rings (SSSR count). The van der Waals surface area contributed by atoms with Gasteiger partial charge in [0.1, 0.15) is 5.75 Å². The molecule has 20 heavy (non-hydrogen) atoms. The van der Waals surface area contributed by atoms with Crippen LogP contribution < -0.4 is 10.1 Å². The number of ether oxygens (including phenoxy) is 1. The molecule has 1 aromatic carbocycles. The summed E-state index contributed by atoms with van der Waals surface area (Å²) < 4.78 is 5.20. The van der Waals surface area contributed by atoms with E-state index < -0.39 is 5.97 Å². The van der Waals surface area contributed by atoms with Crippen LogP contribution in [0.2, 0.25) is 0 Å². The Hall–Kier alpha value is -2.04. The number of carboxylic acids is 1. The van der Waals surface area contributed by atoms with Gasteiger partial charge in [0, 0.05) is 12.0 Å². The quantitative estimate of drug-likeness (QED) is 0.832. The van der Waals surface area contributed by atoms with Crippen LogP contribution >= 0.6 is 0 Å². The average molecular weight is 277 g/mol. The zero-order chi connectivity index (χ0) is 14.8. The van der Waals surface area contributed by atoms with E-state index in [4.69, 9.17) is 9.84 Å². The lowest BCUT2D eigenvalue weighted by Gasteiger charge is -2.12. The normalized spacial score (nSPS) is 15.5. The van der Waals surface area contributed by atoms with E-state index in [1.54, 1.807) is 12.1 Å². The van der Waals surface area contributed by atoms with Gasteiger partial charge in [0.2, 0.25) is 5.91 Å². The molecule has 1 aromatic rings. The van der Waals surface area contributed by atoms with Gasteiger partial charge < -0.3 is 15.2 Å². The van der Waals surface area contributed by atoms with E-state index >= 15 is 0 Å². The van der Waals surface area contributed by atoms with E-state index in [2.05, 4.69) is 5.32 Å². The first-order valence-corrected chi connectivity index (χ1v) is 6.65. The zero-order valence-corrected chi connectivity index (χ0v) is 11.7. The van der Waals surface area contributed by atoms with Gasteiger partial charge in [-0.05, 0) is 37.0 Å². The molecule has 0 saturated heterocycles. The Labute approximate surface area is 117 Å². The standard InChI is InChI=1S/C15H19NO4/c1-15(6-7-15)14(19)16-8-5-10-3-4-11(13(17)18)9-12(10)20-2/h3-4,9H,5-8H2,1-2H3,(H,16,19)(H,17,18). The van der Waals surface area contributed by atoms with Crippen molar-refractivity contribution in [1.82, 2.24) is 5.32 Å². The second-order valence-electron chi connectivity index (χ2n) is 5.40. The third kappa shape index (κ3) is 3.10. The van der Waals surface area contributed by atoms with E-state index in [1.807, 2.05) is 6.92 Å². The fourth-order valence-corrected chi connectivity index (χ4v) is 2.02. The third-order valence-corrected chi connectivity index (χ3v) is 3.76. The molecule has 1 saturated carbocycles. The van der Waals surface area contributed by atoms with Crippen molar-refractivity contribution in [2.75, 3.05) is 13.7 Å². The highest BCUT2D eigenvalue weighted by atomic mass is 16.5. The Balaban J connectivity index is 1.95. The van der Waals surface area contributed by atoms with Crippen LogP contribution in [0.15, 0.2) is 18.2 Å². The van der Waals surface area contributed by atoms with Gasteiger partial charge in [-0.1, -0.05) is 13.0 Å². The summed E-state index contributed by atoms with van der Waals surface area (Å²) in [7, 11) is 1.51. The molecule has 1 amide bonds. The van der Waals surface area contributed by atoms with Crippen LogP contribution in [0, 0.1) is 5.41 Å². The predicted octanol–water partition coefficient (Wildman–Crippen LogP) is 1.85. The lowest BCUT2D eigenvalue weighted by atomic mass is 10.1. The number of benzene rings is 1. The second kappa shape index (κ2) is 5.53. The summed E-state index contributed by atoms with van der Waals surface area (Å²) in [6.07, 6.45) is 2.52. The second-order valence-corrected chi connectivity index (χ2v) is 5.40. The molecule has 5 heteroatoms. The van der Waals surface area contributed by atoms with Gasteiger partial charge in [-0.2, -0.15) is 0 Å².